The van der Waals surface area contributed by atoms with Crippen molar-refractivity contribution in [1.29, 1.82) is 0 Å². The van der Waals surface area contributed by atoms with Crippen LogP contribution in [0.4, 0.5) is 10.1 Å². The van der Waals surface area contributed by atoms with Crippen molar-refractivity contribution < 1.29 is 9.18 Å². The van der Waals surface area contributed by atoms with Crippen LogP contribution in [-0.4, -0.2) is 57.2 Å². The molecule has 1 aliphatic heterocycles. The van der Waals surface area contributed by atoms with Gasteiger partial charge in [-0.2, -0.15) is 4.68 Å². The van der Waals surface area contributed by atoms with Gasteiger partial charge >= 0.3 is 0 Å². The number of tetrazole rings is 1. The molecule has 3 N–H and O–H groups in total. The number of amides is 1. The molecule has 1 unspecified atom stereocenters. The van der Waals surface area contributed by atoms with Crippen LogP contribution < -0.4 is 11.1 Å². The Labute approximate surface area is 145 Å². The zero-order valence-corrected chi connectivity index (χ0v) is 14.4. The summed E-state index contributed by atoms with van der Waals surface area (Å²) in [6.07, 6.45) is 0.958. The van der Waals surface area contributed by atoms with E-state index >= 15 is 0 Å². The van der Waals surface area contributed by atoms with E-state index in [1.54, 1.807) is 13.0 Å². The molecular formula is C16H22FN7O. The van der Waals surface area contributed by atoms with E-state index < -0.39 is 5.82 Å². The molecule has 0 radical (unpaired) electrons. The first-order valence-corrected chi connectivity index (χ1v) is 8.17. The predicted octanol–water partition coefficient (Wildman–Crippen LogP) is 0.719. The topological polar surface area (TPSA) is 102 Å². The van der Waals surface area contributed by atoms with E-state index in [4.69, 9.17) is 5.73 Å². The van der Waals surface area contributed by atoms with Gasteiger partial charge in [-0.05, 0) is 60.5 Å². The summed E-state index contributed by atoms with van der Waals surface area (Å²) in [6, 6.07) is 4.36. The third kappa shape index (κ3) is 3.83. The zero-order chi connectivity index (χ0) is 18.0. The maximum Gasteiger partial charge on any atom is 0.238 e. The summed E-state index contributed by atoms with van der Waals surface area (Å²) in [5.41, 5.74) is 6.52. The molecule has 1 aromatic heterocycles. The van der Waals surface area contributed by atoms with Crippen LogP contribution in [0.25, 0.3) is 5.69 Å². The van der Waals surface area contributed by atoms with Gasteiger partial charge in [0.15, 0.2) is 5.82 Å². The number of hydrogen-bond acceptors (Lipinski definition) is 6. The largest absolute Gasteiger partial charge is 0.330 e. The third-order valence-electron chi connectivity index (χ3n) is 4.59. The van der Waals surface area contributed by atoms with Gasteiger partial charge in [-0.15, -0.1) is 5.10 Å². The van der Waals surface area contributed by atoms with Crippen LogP contribution in [0, 0.1) is 18.2 Å². The Kier molecular flexibility index (Phi) is 4.78. The van der Waals surface area contributed by atoms with Crippen molar-refractivity contribution in [2.24, 2.45) is 11.1 Å². The number of aromatic nitrogens is 4. The van der Waals surface area contributed by atoms with Gasteiger partial charge in [0.25, 0.3) is 0 Å². The summed E-state index contributed by atoms with van der Waals surface area (Å²) in [7, 11) is 0. The van der Waals surface area contributed by atoms with Crippen LogP contribution in [0.2, 0.25) is 0 Å². The van der Waals surface area contributed by atoms with Crippen molar-refractivity contribution in [3.05, 3.63) is 29.8 Å². The number of rotatable bonds is 5. The minimum absolute atomic E-state index is 0.0447. The highest BCUT2D eigenvalue weighted by Gasteiger charge is 2.33. The lowest BCUT2D eigenvalue weighted by molar-refractivity contribution is -0.117. The van der Waals surface area contributed by atoms with Gasteiger partial charge in [0.05, 0.1) is 17.9 Å². The SMILES string of the molecule is Cc1nnnn1-c1ccc(F)c(NC(=O)CN2CCC(C)(CN)C2)c1. The molecule has 2 heterocycles. The van der Waals surface area contributed by atoms with Gasteiger partial charge in [0.2, 0.25) is 5.91 Å². The fraction of sp³-hybridized carbons (Fsp3) is 0.500. The maximum absolute atomic E-state index is 14.1. The Morgan fingerprint density at radius 2 is 2.28 bits per heavy atom. The fourth-order valence-electron chi connectivity index (χ4n) is 3.03. The highest BCUT2D eigenvalue weighted by Crippen LogP contribution is 2.28. The first-order chi connectivity index (χ1) is 11.9. The van der Waals surface area contributed by atoms with Crippen molar-refractivity contribution in [3.8, 4) is 5.69 Å². The molecule has 1 atom stereocenters. The standard InChI is InChI=1S/C16H22FN7O/c1-11-20-21-22-24(11)12-3-4-13(17)14(7-12)19-15(25)8-23-6-5-16(2,9-18)10-23/h3-4,7H,5-6,8-10,18H2,1-2H3,(H,19,25). The molecule has 134 valence electrons. The molecule has 0 saturated carbocycles. The number of nitrogens with two attached hydrogens (primary N) is 1. The molecular weight excluding hydrogens is 325 g/mol. The Bertz CT molecular complexity index is 778. The number of aryl methyl sites for hydroxylation is 1. The molecule has 0 aliphatic carbocycles. The summed E-state index contributed by atoms with van der Waals surface area (Å²) >= 11 is 0. The number of anilines is 1. The molecule has 25 heavy (non-hydrogen) atoms. The van der Waals surface area contributed by atoms with E-state index in [1.165, 1.54) is 16.8 Å². The number of nitrogens with one attached hydrogen (secondary N) is 1. The van der Waals surface area contributed by atoms with Gasteiger partial charge in [-0.3, -0.25) is 9.69 Å². The third-order valence-corrected chi connectivity index (χ3v) is 4.59. The van der Waals surface area contributed by atoms with Crippen molar-refractivity contribution in [1.82, 2.24) is 25.1 Å². The second kappa shape index (κ2) is 6.85. The van der Waals surface area contributed by atoms with Crippen LogP contribution in [-0.2, 0) is 4.79 Å². The van der Waals surface area contributed by atoms with Gasteiger partial charge in [0.1, 0.15) is 5.82 Å². The normalized spacial score (nSPS) is 20.8. The molecule has 1 fully saturated rings. The lowest BCUT2D eigenvalue weighted by Crippen LogP contribution is -2.35. The van der Waals surface area contributed by atoms with Gasteiger partial charge < -0.3 is 11.1 Å². The lowest BCUT2D eigenvalue weighted by Gasteiger charge is -2.22. The van der Waals surface area contributed by atoms with E-state index in [9.17, 15) is 9.18 Å². The van der Waals surface area contributed by atoms with Gasteiger partial charge in [-0.25, -0.2) is 4.39 Å². The average Bonchev–Trinajstić information content (AvgIpc) is 3.16. The number of nitrogens with zero attached hydrogens (tertiary/aromatic N) is 5. The summed E-state index contributed by atoms with van der Waals surface area (Å²) in [6.45, 7) is 6.24. The highest BCUT2D eigenvalue weighted by molar-refractivity contribution is 5.92. The maximum atomic E-state index is 14.1. The van der Waals surface area contributed by atoms with E-state index in [0.29, 0.717) is 18.1 Å². The Balaban J connectivity index is 1.68. The summed E-state index contributed by atoms with van der Waals surface area (Å²) in [5.74, 6) is -0.191. The molecule has 1 aromatic carbocycles. The second-order valence-electron chi connectivity index (χ2n) is 6.83. The number of benzene rings is 1. The molecule has 2 aromatic rings. The van der Waals surface area contributed by atoms with Gasteiger partial charge in [0, 0.05) is 6.54 Å². The van der Waals surface area contributed by atoms with Crippen LogP contribution in [0.15, 0.2) is 18.2 Å². The van der Waals surface area contributed by atoms with Crippen molar-refractivity contribution in [3.63, 3.8) is 0 Å². The average molecular weight is 347 g/mol. The van der Waals surface area contributed by atoms with Crippen molar-refractivity contribution >= 4 is 11.6 Å². The molecule has 1 aliphatic rings. The van der Waals surface area contributed by atoms with Crippen LogP contribution in [0.1, 0.15) is 19.2 Å². The number of hydrogen-bond donors (Lipinski definition) is 2. The first kappa shape index (κ1) is 17.4. The van der Waals surface area contributed by atoms with Crippen LogP contribution in [0.5, 0.6) is 0 Å². The Morgan fingerprint density at radius 3 is 2.92 bits per heavy atom. The monoisotopic (exact) mass is 347 g/mol. The van der Waals surface area contributed by atoms with Crippen LogP contribution in [0.3, 0.4) is 0 Å². The smallest absolute Gasteiger partial charge is 0.238 e. The number of halogens is 1. The van der Waals surface area contributed by atoms with Gasteiger partial charge in [-0.1, -0.05) is 6.92 Å². The highest BCUT2D eigenvalue weighted by atomic mass is 19.1. The number of likely N-dealkylation sites (tertiary alicyclic amines) is 1. The van der Waals surface area contributed by atoms with E-state index in [0.717, 1.165) is 19.5 Å². The Morgan fingerprint density at radius 1 is 1.48 bits per heavy atom. The minimum atomic E-state index is -0.504. The van der Waals surface area contributed by atoms with Crippen molar-refractivity contribution in [2.45, 2.75) is 20.3 Å². The molecule has 3 rings (SSSR count). The van der Waals surface area contributed by atoms with Crippen LogP contribution >= 0.6 is 0 Å². The number of carbonyl (C=O) groups excluding carboxylic acids is 1. The summed E-state index contributed by atoms with van der Waals surface area (Å²) in [4.78, 5) is 14.3. The molecule has 0 bridgehead atoms. The summed E-state index contributed by atoms with van der Waals surface area (Å²) < 4.78 is 15.5. The zero-order valence-electron chi connectivity index (χ0n) is 14.4. The molecule has 9 heteroatoms. The second-order valence-corrected chi connectivity index (χ2v) is 6.83. The Hall–Kier alpha value is -2.39. The minimum Gasteiger partial charge on any atom is -0.330 e. The molecule has 1 amide bonds. The number of carbonyl (C=O) groups is 1. The fourth-order valence-corrected chi connectivity index (χ4v) is 3.03. The molecule has 8 nitrogen and oxygen atoms in total. The van der Waals surface area contributed by atoms with E-state index in [2.05, 4.69) is 27.8 Å². The molecule has 1 saturated heterocycles. The van der Waals surface area contributed by atoms with Crippen molar-refractivity contribution in [2.75, 3.05) is 31.5 Å². The quantitative estimate of drug-likeness (QED) is 0.826. The summed E-state index contributed by atoms with van der Waals surface area (Å²) in [5, 5.41) is 13.8. The predicted molar refractivity (Wildman–Crippen MR) is 90.7 cm³/mol. The lowest BCUT2D eigenvalue weighted by atomic mass is 9.90. The van der Waals surface area contributed by atoms with E-state index in [-0.39, 0.29) is 23.6 Å². The first-order valence-electron chi connectivity index (χ1n) is 8.17. The van der Waals surface area contributed by atoms with E-state index in [1.807, 2.05) is 4.90 Å². The molecule has 0 spiro atoms.